The van der Waals surface area contributed by atoms with Crippen molar-refractivity contribution in [3.8, 4) is 11.8 Å². The van der Waals surface area contributed by atoms with Crippen molar-refractivity contribution in [3.05, 3.63) is 47.3 Å². The smallest absolute Gasteiger partial charge is 0.329 e. The van der Waals surface area contributed by atoms with E-state index in [1.807, 2.05) is 32.2 Å². The van der Waals surface area contributed by atoms with Crippen LogP contribution in [-0.4, -0.2) is 71.4 Å². The molecule has 252 valence electrons. The van der Waals surface area contributed by atoms with Crippen molar-refractivity contribution >= 4 is 11.9 Å². The van der Waals surface area contributed by atoms with Crippen LogP contribution < -0.4 is 9.47 Å². The number of ether oxygens (including phenoxy) is 5. The molecule has 10 heteroatoms. The number of hydrogen-bond donors (Lipinski definition) is 0. The molecule has 3 aliphatic rings. The molecule has 46 heavy (non-hydrogen) atoms. The molecule has 1 saturated carbocycles. The monoisotopic (exact) mass is 637 g/mol. The summed E-state index contributed by atoms with van der Waals surface area (Å²) in [6.07, 6.45) is 7.99. The number of rotatable bonds is 11. The molecule has 10 nitrogen and oxygen atoms in total. The lowest BCUT2D eigenvalue weighted by Crippen LogP contribution is -2.51. The van der Waals surface area contributed by atoms with E-state index >= 15 is 0 Å². The van der Waals surface area contributed by atoms with Crippen LogP contribution in [0, 0.1) is 11.3 Å². The van der Waals surface area contributed by atoms with Crippen LogP contribution >= 0.6 is 0 Å². The molecular formula is C36H51N3O7. The lowest BCUT2D eigenvalue weighted by atomic mass is 9.73. The Balaban J connectivity index is 1.64. The van der Waals surface area contributed by atoms with Crippen molar-refractivity contribution in [2.45, 2.75) is 123 Å². The first-order valence-corrected chi connectivity index (χ1v) is 16.9. The van der Waals surface area contributed by atoms with Gasteiger partial charge in [-0.25, -0.2) is 14.8 Å². The fraction of sp³-hybridized carbons (Fsp3) is 0.667. The Morgan fingerprint density at radius 3 is 2.48 bits per heavy atom. The Hall–Kier alpha value is -3.24. The lowest BCUT2D eigenvalue weighted by molar-refractivity contribution is -0.162. The van der Waals surface area contributed by atoms with Gasteiger partial charge < -0.3 is 28.6 Å². The first-order chi connectivity index (χ1) is 22.0. The summed E-state index contributed by atoms with van der Waals surface area (Å²) in [5, 5.41) is 0. The van der Waals surface area contributed by atoms with Gasteiger partial charge in [0, 0.05) is 36.0 Å². The minimum absolute atomic E-state index is 0.163. The molecule has 4 heterocycles. The van der Waals surface area contributed by atoms with Crippen molar-refractivity contribution < 1.29 is 33.3 Å². The summed E-state index contributed by atoms with van der Waals surface area (Å²) >= 11 is 0. The van der Waals surface area contributed by atoms with Crippen molar-refractivity contribution in [2.75, 3.05) is 20.3 Å². The Bertz CT molecular complexity index is 1350. The number of carbonyl (C=O) groups is 2. The molecule has 0 N–H and O–H groups in total. The molecule has 2 aromatic rings. The van der Waals surface area contributed by atoms with Crippen LogP contribution in [0.15, 0.2) is 30.6 Å². The van der Waals surface area contributed by atoms with Crippen molar-refractivity contribution in [1.82, 2.24) is 14.9 Å². The normalized spacial score (nSPS) is 25.3. The van der Waals surface area contributed by atoms with Gasteiger partial charge in [0.25, 0.3) is 5.91 Å². The first kappa shape index (κ1) is 34.1. The van der Waals surface area contributed by atoms with E-state index < -0.39 is 41.6 Å². The number of amides is 1. The molecule has 1 amide bonds. The topological polar surface area (TPSA) is 109 Å². The highest BCUT2D eigenvalue weighted by atomic mass is 16.5. The summed E-state index contributed by atoms with van der Waals surface area (Å²) in [6.45, 7) is 12.8. The van der Waals surface area contributed by atoms with Gasteiger partial charge in [0.1, 0.15) is 12.1 Å². The van der Waals surface area contributed by atoms with Crippen LogP contribution in [0.3, 0.4) is 0 Å². The molecule has 0 aromatic carbocycles. The van der Waals surface area contributed by atoms with Gasteiger partial charge in [-0.2, -0.15) is 0 Å². The zero-order valence-corrected chi connectivity index (χ0v) is 28.5. The van der Waals surface area contributed by atoms with Crippen LogP contribution in [0.25, 0.3) is 0 Å². The van der Waals surface area contributed by atoms with E-state index in [-0.39, 0.29) is 25.2 Å². The average molecular weight is 638 g/mol. The average Bonchev–Trinajstić information content (AvgIpc) is 3.35. The highest BCUT2D eigenvalue weighted by Gasteiger charge is 2.60. The quantitative estimate of drug-likeness (QED) is 0.267. The van der Waals surface area contributed by atoms with Crippen LogP contribution in [0.1, 0.15) is 109 Å². The summed E-state index contributed by atoms with van der Waals surface area (Å²) < 4.78 is 30.6. The van der Waals surface area contributed by atoms with Gasteiger partial charge in [0.05, 0.1) is 38.6 Å². The van der Waals surface area contributed by atoms with Crippen LogP contribution in [-0.2, 0) is 30.4 Å². The Kier molecular flexibility index (Phi) is 10.9. The maximum atomic E-state index is 14.6. The SMILES string of the molecule is CCOC(=O)[C@@H]1[C@H](C(C)(C)C)[C@H](OCc2cc(C3CCC3)cnc2OC)[C@H](c2cccnc2OC(C)C)N1C(=O)[C@@H]1CCCCO1. The first-order valence-electron chi connectivity index (χ1n) is 16.9. The molecule has 2 saturated heterocycles. The number of nitrogens with zero attached hydrogens (tertiary/aromatic N) is 3. The van der Waals surface area contributed by atoms with E-state index in [2.05, 4.69) is 36.8 Å². The second-order valence-corrected chi connectivity index (χ2v) is 14.0. The van der Waals surface area contributed by atoms with E-state index in [9.17, 15) is 9.59 Å². The third-order valence-corrected chi connectivity index (χ3v) is 9.46. The number of aromatic nitrogens is 2. The summed E-state index contributed by atoms with van der Waals surface area (Å²) in [4.78, 5) is 39.6. The third-order valence-electron chi connectivity index (χ3n) is 9.46. The predicted molar refractivity (Wildman–Crippen MR) is 173 cm³/mol. The molecule has 0 radical (unpaired) electrons. The van der Waals surface area contributed by atoms with Gasteiger partial charge in [0.15, 0.2) is 0 Å². The maximum absolute atomic E-state index is 14.6. The third kappa shape index (κ3) is 7.18. The standard InChI is InChI=1S/C36H51N3O7/c1-8-43-35(41)30-28(36(4,5)6)31(45-21-25-19-24(23-13-11-14-23)20-38-32(25)42-7)29(26-15-12-17-37-33(26)46-22(2)3)39(30)34(40)27-16-9-10-18-44-27/h12,15,17,19-20,22-23,27-31H,8-11,13-14,16,18,21H2,1-7H3/t27-,28-,29-,30-,31-/m0/s1. The number of carbonyl (C=O) groups excluding carboxylic acids is 2. The fourth-order valence-electron chi connectivity index (χ4n) is 7.14. The van der Waals surface area contributed by atoms with Crippen molar-refractivity contribution in [1.29, 1.82) is 0 Å². The molecular weight excluding hydrogens is 586 g/mol. The molecule has 3 fully saturated rings. The van der Waals surface area contributed by atoms with Gasteiger partial charge in [0.2, 0.25) is 11.8 Å². The molecule has 5 atom stereocenters. The van der Waals surface area contributed by atoms with Crippen LogP contribution in [0.5, 0.6) is 11.8 Å². The Labute approximate surface area is 273 Å². The summed E-state index contributed by atoms with van der Waals surface area (Å²) in [7, 11) is 1.61. The largest absolute Gasteiger partial charge is 0.481 e. The zero-order chi connectivity index (χ0) is 33.0. The molecule has 0 bridgehead atoms. The van der Waals surface area contributed by atoms with E-state index in [1.54, 1.807) is 25.1 Å². The summed E-state index contributed by atoms with van der Waals surface area (Å²) in [6, 6.07) is 4.26. The zero-order valence-electron chi connectivity index (χ0n) is 28.5. The molecule has 0 unspecified atom stereocenters. The number of hydrogen-bond acceptors (Lipinski definition) is 9. The molecule has 0 spiro atoms. The minimum Gasteiger partial charge on any atom is -0.481 e. The molecule has 2 aromatic heterocycles. The molecule has 1 aliphatic carbocycles. The number of methoxy groups -OCH3 is 1. The van der Waals surface area contributed by atoms with Crippen LogP contribution in [0.4, 0.5) is 0 Å². The molecule has 2 aliphatic heterocycles. The highest BCUT2D eigenvalue weighted by molar-refractivity contribution is 5.89. The second-order valence-electron chi connectivity index (χ2n) is 14.0. The van der Waals surface area contributed by atoms with E-state index in [1.165, 1.54) is 12.0 Å². The van der Waals surface area contributed by atoms with Gasteiger partial charge >= 0.3 is 5.97 Å². The second kappa shape index (κ2) is 14.7. The van der Waals surface area contributed by atoms with Crippen molar-refractivity contribution in [2.24, 2.45) is 11.3 Å². The summed E-state index contributed by atoms with van der Waals surface area (Å²) in [5.74, 6) is 0.256. The number of esters is 1. The molecule has 5 rings (SSSR count). The number of likely N-dealkylation sites (tertiary alicyclic amines) is 1. The van der Waals surface area contributed by atoms with Gasteiger partial charge in [-0.05, 0) is 88.0 Å². The Morgan fingerprint density at radius 1 is 1.09 bits per heavy atom. The summed E-state index contributed by atoms with van der Waals surface area (Å²) in [5.41, 5.74) is 2.22. The predicted octanol–water partition coefficient (Wildman–Crippen LogP) is 6.17. The lowest BCUT2D eigenvalue weighted by Gasteiger charge is -2.36. The fourth-order valence-corrected chi connectivity index (χ4v) is 7.14. The minimum atomic E-state index is -0.915. The maximum Gasteiger partial charge on any atom is 0.329 e. The Morgan fingerprint density at radius 2 is 1.87 bits per heavy atom. The highest BCUT2D eigenvalue weighted by Crippen LogP contribution is 2.52. The van der Waals surface area contributed by atoms with Gasteiger partial charge in [-0.1, -0.05) is 27.2 Å². The van der Waals surface area contributed by atoms with E-state index in [0.29, 0.717) is 36.3 Å². The van der Waals surface area contributed by atoms with Gasteiger partial charge in [-0.15, -0.1) is 0 Å². The van der Waals surface area contributed by atoms with Gasteiger partial charge in [-0.3, -0.25) is 4.79 Å². The van der Waals surface area contributed by atoms with Crippen molar-refractivity contribution in [3.63, 3.8) is 0 Å². The number of pyridine rings is 2. The van der Waals surface area contributed by atoms with E-state index in [0.717, 1.165) is 31.2 Å². The van der Waals surface area contributed by atoms with Crippen LogP contribution in [0.2, 0.25) is 0 Å². The van der Waals surface area contributed by atoms with E-state index in [4.69, 9.17) is 23.7 Å².